The summed E-state index contributed by atoms with van der Waals surface area (Å²) in [5.41, 5.74) is 3.03. The van der Waals surface area contributed by atoms with Crippen LogP contribution in [0.2, 0.25) is 4.34 Å². The van der Waals surface area contributed by atoms with Crippen LogP contribution in [-0.4, -0.2) is 28.6 Å². The van der Waals surface area contributed by atoms with Crippen LogP contribution in [0.1, 0.15) is 11.1 Å². The van der Waals surface area contributed by atoms with E-state index < -0.39 is 20.7 Å². The third-order valence-electron chi connectivity index (χ3n) is 4.99. The highest BCUT2D eigenvalue weighted by atomic mass is 35.5. The van der Waals surface area contributed by atoms with Crippen molar-refractivity contribution in [2.24, 2.45) is 0 Å². The van der Waals surface area contributed by atoms with Gasteiger partial charge in [-0.15, -0.1) is 11.3 Å². The average Bonchev–Trinajstić information content (AvgIpc) is 3.01. The van der Waals surface area contributed by atoms with Crippen LogP contribution in [0.25, 0.3) is 10.4 Å². The predicted octanol–water partition coefficient (Wildman–Crippen LogP) is 4.71. The number of halogens is 2. The highest BCUT2D eigenvalue weighted by Gasteiger charge is 2.23. The summed E-state index contributed by atoms with van der Waals surface area (Å²) in [6.07, 6.45) is 1.61. The number of sulfonamides is 1. The molecule has 0 saturated heterocycles. The topological polar surface area (TPSA) is 67.4 Å². The molecule has 1 aliphatic rings. The molecule has 0 fully saturated rings. The molecule has 0 aliphatic carbocycles. The summed E-state index contributed by atoms with van der Waals surface area (Å²) >= 11 is 7.23. The lowest BCUT2D eigenvalue weighted by atomic mass is 10.0. The molecule has 0 bridgehead atoms. The first kappa shape index (κ1) is 21.1. The molecular weight excluding hydrogens is 447 g/mol. The monoisotopic (exact) mass is 466 g/mol. The Morgan fingerprint density at radius 1 is 1.10 bits per heavy atom. The number of fused-ring (bicyclic) bond motifs is 1. The van der Waals surface area contributed by atoms with Crippen molar-refractivity contribution >= 4 is 38.6 Å². The molecule has 0 atom stereocenters. The Morgan fingerprint density at radius 3 is 2.47 bits per heavy atom. The Kier molecular flexibility index (Phi) is 6.02. The van der Waals surface area contributed by atoms with E-state index >= 15 is 0 Å². The largest absolute Gasteiger partial charge is 0.495 e. The molecule has 30 heavy (non-hydrogen) atoms. The van der Waals surface area contributed by atoms with E-state index in [9.17, 15) is 12.8 Å². The van der Waals surface area contributed by atoms with Crippen molar-refractivity contribution in [1.29, 1.82) is 0 Å². The van der Waals surface area contributed by atoms with E-state index in [-0.39, 0.29) is 0 Å². The van der Waals surface area contributed by atoms with Crippen LogP contribution in [-0.2, 0) is 22.9 Å². The molecule has 158 valence electrons. The molecule has 2 heterocycles. The summed E-state index contributed by atoms with van der Waals surface area (Å²) in [5, 5.41) is 3.32. The quantitative estimate of drug-likeness (QED) is 0.571. The first-order valence-corrected chi connectivity index (χ1v) is 12.0. The minimum Gasteiger partial charge on any atom is -0.495 e. The number of ether oxygens (including phenoxy) is 1. The molecule has 2 N–H and O–H groups in total. The van der Waals surface area contributed by atoms with Gasteiger partial charge in [-0.2, -0.15) is 0 Å². The van der Waals surface area contributed by atoms with Crippen LogP contribution in [0.5, 0.6) is 5.75 Å². The maximum absolute atomic E-state index is 14.8. The molecule has 0 radical (unpaired) electrons. The predicted molar refractivity (Wildman–Crippen MR) is 119 cm³/mol. The van der Waals surface area contributed by atoms with Crippen molar-refractivity contribution in [3.8, 4) is 16.2 Å². The van der Waals surface area contributed by atoms with Crippen molar-refractivity contribution in [2.75, 3.05) is 24.9 Å². The second kappa shape index (κ2) is 8.55. The Morgan fingerprint density at radius 2 is 1.83 bits per heavy atom. The fourth-order valence-corrected chi connectivity index (χ4v) is 5.65. The van der Waals surface area contributed by atoms with Gasteiger partial charge in [0.05, 0.1) is 17.1 Å². The van der Waals surface area contributed by atoms with Gasteiger partial charge in [0.1, 0.15) is 16.5 Å². The van der Waals surface area contributed by atoms with Crippen LogP contribution in [0, 0.1) is 5.82 Å². The van der Waals surface area contributed by atoms with E-state index in [4.69, 9.17) is 16.3 Å². The molecule has 2 aromatic carbocycles. The van der Waals surface area contributed by atoms with E-state index in [0.717, 1.165) is 41.9 Å². The van der Waals surface area contributed by atoms with Crippen LogP contribution >= 0.6 is 22.9 Å². The van der Waals surface area contributed by atoms with Gasteiger partial charge in [-0.05, 0) is 79.0 Å². The number of rotatable bonds is 5. The van der Waals surface area contributed by atoms with Gasteiger partial charge in [0.2, 0.25) is 0 Å². The fraction of sp³-hybridized carbons (Fsp3) is 0.238. The van der Waals surface area contributed by atoms with E-state index in [1.165, 1.54) is 30.6 Å². The third-order valence-corrected chi connectivity index (χ3v) is 7.67. The molecule has 4 rings (SSSR count). The number of methoxy groups -OCH3 is 1. The molecule has 9 heteroatoms. The normalized spacial score (nSPS) is 14.1. The summed E-state index contributed by atoms with van der Waals surface area (Å²) < 4.78 is 49.1. The summed E-state index contributed by atoms with van der Waals surface area (Å²) in [4.78, 5) is 0.337. The minimum atomic E-state index is -4.15. The maximum Gasteiger partial charge on any atom is 0.264 e. The summed E-state index contributed by atoms with van der Waals surface area (Å²) in [6, 6.07) is 11.1. The number of hydrogen-bond donors (Lipinski definition) is 2. The van der Waals surface area contributed by atoms with Crippen molar-refractivity contribution < 1.29 is 17.5 Å². The van der Waals surface area contributed by atoms with Crippen molar-refractivity contribution in [3.63, 3.8) is 0 Å². The molecular formula is C21H20ClFN2O3S2. The zero-order valence-corrected chi connectivity index (χ0v) is 18.6. The van der Waals surface area contributed by atoms with Crippen LogP contribution in [0.4, 0.5) is 10.1 Å². The van der Waals surface area contributed by atoms with Crippen molar-refractivity contribution in [3.05, 3.63) is 63.7 Å². The van der Waals surface area contributed by atoms with E-state index in [1.807, 2.05) is 6.07 Å². The standard InChI is InChI=1S/C21H20ClFN2O3S2/c1-28-18-12-14-7-9-24-8-6-13(14)11-17(18)25-30(26,27)20-4-2-15(10-16(20)23)19-3-5-21(22)29-19/h2-5,10-12,24-25H,6-9H2,1H3. The summed E-state index contributed by atoms with van der Waals surface area (Å²) in [5.74, 6) is -0.424. The molecule has 0 amide bonds. The van der Waals surface area contributed by atoms with Crippen LogP contribution in [0.15, 0.2) is 47.4 Å². The number of thiophene rings is 1. The van der Waals surface area contributed by atoms with Gasteiger partial charge >= 0.3 is 0 Å². The minimum absolute atomic E-state index is 0.298. The first-order chi connectivity index (χ1) is 14.4. The van der Waals surface area contributed by atoms with Gasteiger partial charge in [-0.1, -0.05) is 17.7 Å². The lowest BCUT2D eigenvalue weighted by Gasteiger charge is -2.16. The number of nitrogens with one attached hydrogen (secondary N) is 2. The molecule has 0 unspecified atom stereocenters. The lowest BCUT2D eigenvalue weighted by molar-refractivity contribution is 0.416. The smallest absolute Gasteiger partial charge is 0.264 e. The maximum atomic E-state index is 14.8. The molecule has 0 spiro atoms. The molecule has 3 aromatic rings. The Bertz CT molecular complexity index is 1190. The molecule has 5 nitrogen and oxygen atoms in total. The van der Waals surface area contributed by atoms with Crippen molar-refractivity contribution in [2.45, 2.75) is 17.7 Å². The van der Waals surface area contributed by atoms with Gasteiger partial charge in [0, 0.05) is 4.88 Å². The Hall–Kier alpha value is -2.13. The molecule has 1 aliphatic heterocycles. The first-order valence-electron chi connectivity index (χ1n) is 9.36. The summed E-state index contributed by atoms with van der Waals surface area (Å²) in [7, 11) is -2.67. The highest BCUT2D eigenvalue weighted by Crippen LogP contribution is 2.34. The van der Waals surface area contributed by atoms with Crippen molar-refractivity contribution in [1.82, 2.24) is 5.32 Å². The van der Waals surface area contributed by atoms with E-state index in [2.05, 4.69) is 10.0 Å². The van der Waals surface area contributed by atoms with Crippen LogP contribution in [0.3, 0.4) is 0 Å². The number of benzene rings is 2. The molecule has 0 saturated carbocycles. The highest BCUT2D eigenvalue weighted by molar-refractivity contribution is 7.92. The summed E-state index contributed by atoms with van der Waals surface area (Å²) in [6.45, 7) is 1.67. The number of anilines is 1. The van der Waals surface area contributed by atoms with Gasteiger partial charge in [-0.3, -0.25) is 4.72 Å². The third kappa shape index (κ3) is 4.32. The van der Waals surface area contributed by atoms with Gasteiger partial charge in [0.15, 0.2) is 0 Å². The SMILES string of the molecule is COc1cc2c(cc1NS(=O)(=O)c1ccc(-c3ccc(Cl)s3)cc1F)CCNCC2. The van der Waals surface area contributed by atoms with Gasteiger partial charge in [-0.25, -0.2) is 12.8 Å². The second-order valence-corrected chi connectivity index (χ2v) is 10.3. The Balaban J connectivity index is 1.67. The van der Waals surface area contributed by atoms with E-state index in [0.29, 0.717) is 21.3 Å². The average molecular weight is 467 g/mol. The Labute approximate surface area is 183 Å². The second-order valence-electron chi connectivity index (χ2n) is 6.93. The zero-order valence-electron chi connectivity index (χ0n) is 16.2. The van der Waals surface area contributed by atoms with E-state index in [1.54, 1.807) is 24.3 Å². The van der Waals surface area contributed by atoms with Crippen LogP contribution < -0.4 is 14.8 Å². The van der Waals surface area contributed by atoms with Gasteiger partial charge < -0.3 is 10.1 Å². The fourth-order valence-electron chi connectivity index (χ4n) is 3.49. The molecule has 1 aromatic heterocycles. The lowest BCUT2D eigenvalue weighted by Crippen LogP contribution is -2.16. The zero-order chi connectivity index (χ0) is 21.3. The van der Waals surface area contributed by atoms with Gasteiger partial charge in [0.25, 0.3) is 10.0 Å². The number of hydrogen-bond acceptors (Lipinski definition) is 5.